The standard InChI is InChI=1S/C12H14F4O4/c1-5(17)19-3-7-9(11(7,13)14)10-8(12(10,15)16)4-20-6(2)18/h7-10H,3-4H2,1-2H3/t7-,8-,9+,10+/m0/s1. The molecule has 0 N–H and O–H groups in total. The van der Waals surface area contributed by atoms with Gasteiger partial charge in [-0.3, -0.25) is 9.59 Å². The molecule has 2 saturated carbocycles. The monoisotopic (exact) mass is 298 g/mol. The highest BCUT2D eigenvalue weighted by molar-refractivity contribution is 5.66. The number of ether oxygens (including phenoxy) is 2. The van der Waals surface area contributed by atoms with Crippen molar-refractivity contribution in [2.45, 2.75) is 25.7 Å². The Morgan fingerprint density at radius 3 is 1.40 bits per heavy atom. The Morgan fingerprint density at radius 1 is 0.850 bits per heavy atom. The molecule has 114 valence electrons. The average Bonchev–Trinajstić information content (AvgIpc) is 3.02. The number of hydrogen-bond donors (Lipinski definition) is 0. The van der Waals surface area contributed by atoms with Gasteiger partial charge in [-0.05, 0) is 0 Å². The summed E-state index contributed by atoms with van der Waals surface area (Å²) in [7, 11) is 0. The summed E-state index contributed by atoms with van der Waals surface area (Å²) >= 11 is 0. The van der Waals surface area contributed by atoms with E-state index in [-0.39, 0.29) is 0 Å². The first-order chi connectivity index (χ1) is 9.10. The molecular weight excluding hydrogens is 284 g/mol. The van der Waals surface area contributed by atoms with E-state index in [4.69, 9.17) is 0 Å². The quantitative estimate of drug-likeness (QED) is 0.574. The molecule has 8 heteroatoms. The molecule has 20 heavy (non-hydrogen) atoms. The highest BCUT2D eigenvalue weighted by Crippen LogP contribution is 2.72. The lowest BCUT2D eigenvalue weighted by Crippen LogP contribution is -2.06. The van der Waals surface area contributed by atoms with Gasteiger partial charge in [0.25, 0.3) is 11.8 Å². The molecule has 0 amide bonds. The second-order valence-electron chi connectivity index (χ2n) is 5.22. The predicted octanol–water partition coefficient (Wildman–Crippen LogP) is 1.88. The second-order valence-corrected chi connectivity index (χ2v) is 5.22. The topological polar surface area (TPSA) is 52.6 Å². The Labute approximate surface area is 112 Å². The van der Waals surface area contributed by atoms with E-state index in [9.17, 15) is 27.2 Å². The van der Waals surface area contributed by atoms with E-state index < -0.39 is 60.7 Å². The molecule has 0 aromatic rings. The van der Waals surface area contributed by atoms with Crippen molar-refractivity contribution in [3.8, 4) is 0 Å². The normalized spacial score (nSPS) is 36.1. The van der Waals surface area contributed by atoms with Gasteiger partial charge >= 0.3 is 11.9 Å². The van der Waals surface area contributed by atoms with Crippen LogP contribution in [0.3, 0.4) is 0 Å². The van der Waals surface area contributed by atoms with Crippen LogP contribution in [-0.2, 0) is 19.1 Å². The zero-order valence-corrected chi connectivity index (χ0v) is 10.9. The van der Waals surface area contributed by atoms with E-state index in [1.54, 1.807) is 0 Å². The van der Waals surface area contributed by atoms with Crippen molar-refractivity contribution in [1.82, 2.24) is 0 Å². The van der Waals surface area contributed by atoms with Crippen molar-refractivity contribution < 1.29 is 36.6 Å². The van der Waals surface area contributed by atoms with Crippen molar-refractivity contribution in [3.63, 3.8) is 0 Å². The van der Waals surface area contributed by atoms with Crippen LogP contribution in [0.15, 0.2) is 0 Å². The third-order valence-electron chi connectivity index (χ3n) is 3.85. The third kappa shape index (κ3) is 2.47. The van der Waals surface area contributed by atoms with Gasteiger partial charge in [0, 0.05) is 25.7 Å². The van der Waals surface area contributed by atoms with Crippen molar-refractivity contribution in [2.75, 3.05) is 13.2 Å². The van der Waals surface area contributed by atoms with Crippen LogP contribution < -0.4 is 0 Å². The van der Waals surface area contributed by atoms with Crippen LogP contribution >= 0.6 is 0 Å². The first-order valence-electron chi connectivity index (χ1n) is 6.12. The zero-order valence-electron chi connectivity index (χ0n) is 10.9. The minimum Gasteiger partial charge on any atom is -0.465 e. The lowest BCUT2D eigenvalue weighted by molar-refractivity contribution is -0.143. The number of halogens is 4. The van der Waals surface area contributed by atoms with Gasteiger partial charge in [0.15, 0.2) is 0 Å². The fourth-order valence-corrected chi connectivity index (χ4v) is 2.66. The molecule has 2 aliphatic rings. The molecule has 0 aromatic carbocycles. The van der Waals surface area contributed by atoms with Crippen molar-refractivity contribution in [1.29, 1.82) is 0 Å². The Morgan fingerprint density at radius 2 is 1.15 bits per heavy atom. The Bertz CT molecular complexity index is 397. The summed E-state index contributed by atoms with van der Waals surface area (Å²) in [5, 5.41) is 0. The molecule has 0 bridgehead atoms. The van der Waals surface area contributed by atoms with Crippen LogP contribution in [0.1, 0.15) is 13.8 Å². The molecule has 0 radical (unpaired) electrons. The maximum Gasteiger partial charge on any atom is 0.302 e. The van der Waals surface area contributed by atoms with E-state index in [2.05, 4.69) is 9.47 Å². The summed E-state index contributed by atoms with van der Waals surface area (Å²) in [6.45, 7) is 0.981. The van der Waals surface area contributed by atoms with Crippen LogP contribution in [0.5, 0.6) is 0 Å². The minimum absolute atomic E-state index is 0.570. The Hall–Kier alpha value is -1.34. The van der Waals surface area contributed by atoms with Gasteiger partial charge in [0.05, 0.1) is 11.8 Å². The maximum atomic E-state index is 13.5. The largest absolute Gasteiger partial charge is 0.465 e. The smallest absolute Gasteiger partial charge is 0.302 e. The number of alkyl halides is 4. The van der Waals surface area contributed by atoms with E-state index >= 15 is 0 Å². The molecule has 0 aromatic heterocycles. The highest BCUT2D eigenvalue weighted by Gasteiger charge is 2.84. The lowest BCUT2D eigenvalue weighted by Gasteiger charge is -1.99. The van der Waals surface area contributed by atoms with Gasteiger partial charge < -0.3 is 9.47 Å². The summed E-state index contributed by atoms with van der Waals surface area (Å²) in [6.07, 6.45) is 0. The maximum absolute atomic E-state index is 13.5. The third-order valence-corrected chi connectivity index (χ3v) is 3.85. The van der Waals surface area contributed by atoms with E-state index in [1.807, 2.05) is 0 Å². The molecule has 0 unspecified atom stereocenters. The Balaban J connectivity index is 1.95. The van der Waals surface area contributed by atoms with Crippen molar-refractivity contribution in [3.05, 3.63) is 0 Å². The molecule has 0 aliphatic heterocycles. The van der Waals surface area contributed by atoms with E-state index in [1.165, 1.54) is 0 Å². The SMILES string of the molecule is CC(=O)OC[C@H]1[C@H]([C@H]2[C@H](COC(C)=O)C2(F)F)C1(F)F. The fourth-order valence-electron chi connectivity index (χ4n) is 2.66. The summed E-state index contributed by atoms with van der Waals surface area (Å²) in [5.41, 5.74) is 0. The molecule has 0 spiro atoms. The summed E-state index contributed by atoms with van der Waals surface area (Å²) in [5.74, 6) is -13.8. The molecule has 0 heterocycles. The zero-order chi connectivity index (χ0) is 15.3. The van der Waals surface area contributed by atoms with Crippen LogP contribution in [0, 0.1) is 23.7 Å². The average molecular weight is 298 g/mol. The van der Waals surface area contributed by atoms with E-state index in [0.29, 0.717) is 0 Å². The summed E-state index contributed by atoms with van der Waals surface area (Å²) < 4.78 is 62.9. The van der Waals surface area contributed by atoms with Crippen LogP contribution in [0.4, 0.5) is 17.6 Å². The molecule has 4 nitrogen and oxygen atoms in total. The number of carbonyl (C=O) groups excluding carboxylic acids is 2. The number of carbonyl (C=O) groups is 2. The van der Waals surface area contributed by atoms with Crippen LogP contribution in [0.2, 0.25) is 0 Å². The van der Waals surface area contributed by atoms with Gasteiger partial charge in [-0.25, -0.2) is 17.6 Å². The Kier molecular flexibility index (Phi) is 3.46. The molecule has 0 saturated heterocycles. The van der Waals surface area contributed by atoms with Gasteiger partial charge in [-0.2, -0.15) is 0 Å². The highest BCUT2D eigenvalue weighted by atomic mass is 19.3. The van der Waals surface area contributed by atoms with Gasteiger partial charge in [0.2, 0.25) is 0 Å². The molecule has 2 fully saturated rings. The molecular formula is C12H14F4O4. The molecule has 4 atom stereocenters. The van der Waals surface area contributed by atoms with Crippen LogP contribution in [0.25, 0.3) is 0 Å². The first kappa shape index (κ1) is 15.1. The number of hydrogen-bond acceptors (Lipinski definition) is 4. The van der Waals surface area contributed by atoms with E-state index in [0.717, 1.165) is 13.8 Å². The predicted molar refractivity (Wildman–Crippen MR) is 57.1 cm³/mol. The molecule has 2 rings (SSSR count). The summed E-state index contributed by atoms with van der Waals surface area (Å²) in [6, 6.07) is 0. The van der Waals surface area contributed by atoms with Crippen LogP contribution in [-0.4, -0.2) is 37.0 Å². The second kappa shape index (κ2) is 4.60. The number of esters is 2. The van der Waals surface area contributed by atoms with Gasteiger partial charge in [-0.15, -0.1) is 0 Å². The summed E-state index contributed by atoms with van der Waals surface area (Å²) in [4.78, 5) is 21.2. The number of rotatable bonds is 5. The van der Waals surface area contributed by atoms with Crippen molar-refractivity contribution in [2.24, 2.45) is 23.7 Å². The minimum atomic E-state index is -3.27. The lowest BCUT2D eigenvalue weighted by atomic mass is 10.2. The van der Waals surface area contributed by atoms with Gasteiger partial charge in [-0.1, -0.05) is 0 Å². The first-order valence-corrected chi connectivity index (χ1v) is 6.12. The van der Waals surface area contributed by atoms with Gasteiger partial charge in [0.1, 0.15) is 13.2 Å². The fraction of sp³-hybridized carbons (Fsp3) is 0.833. The van der Waals surface area contributed by atoms with Crippen molar-refractivity contribution >= 4 is 11.9 Å². The molecule has 2 aliphatic carbocycles.